The maximum absolute atomic E-state index is 12.8. The molecule has 2 atom stereocenters. The van der Waals surface area contributed by atoms with Crippen molar-refractivity contribution in [1.82, 2.24) is 29.5 Å². The molecule has 4 aliphatic heterocycles. The Morgan fingerprint density at radius 3 is 2.52 bits per heavy atom. The van der Waals surface area contributed by atoms with Gasteiger partial charge in [0.15, 0.2) is 6.23 Å². The molecule has 3 saturated heterocycles. The number of amides is 1. The van der Waals surface area contributed by atoms with Crippen LogP contribution in [0.3, 0.4) is 0 Å². The number of carbonyl (C=O) groups excluding carboxylic acids is 1. The molecule has 1 unspecified atom stereocenters. The lowest BCUT2D eigenvalue weighted by Gasteiger charge is -2.39. The summed E-state index contributed by atoms with van der Waals surface area (Å²) in [6.07, 6.45) is 6.93. The van der Waals surface area contributed by atoms with Gasteiger partial charge in [0, 0.05) is 56.3 Å². The average molecular weight is 661 g/mol. The van der Waals surface area contributed by atoms with E-state index < -0.39 is 5.60 Å². The molecule has 3 fully saturated rings. The Balaban J connectivity index is 1.19. The maximum Gasteiger partial charge on any atom is 0.410 e. The first kappa shape index (κ1) is 32.9. The summed E-state index contributed by atoms with van der Waals surface area (Å²) in [5, 5.41) is 6.01. The zero-order valence-electron chi connectivity index (χ0n) is 29.6. The molecule has 260 valence electrons. The van der Waals surface area contributed by atoms with Gasteiger partial charge in [-0.1, -0.05) is 19.9 Å². The molecule has 1 amide bonds. The van der Waals surface area contributed by atoms with Gasteiger partial charge in [0.05, 0.1) is 29.6 Å². The van der Waals surface area contributed by atoms with Crippen molar-refractivity contribution in [2.75, 3.05) is 69.3 Å². The summed E-state index contributed by atoms with van der Waals surface area (Å²) >= 11 is 0. The van der Waals surface area contributed by atoms with Gasteiger partial charge in [-0.05, 0) is 84.0 Å². The zero-order chi connectivity index (χ0) is 33.6. The standard InChI is InChI=1S/C36H52N8O4/c1-24(2)26-11-12-30-28(21-37-44(30)31-10-8-20-46-31)32(26)43-15-13-27-29(22-43)38-34(47-23-25-9-7-14-40(25)6)39-33(27)41-16-18-42(19-17-41)35(45)48-36(3,4)5/h11-12,21,24-25,31H,7-10,13-20,22-23H2,1-6H3/t25-,31?/m0/s1. The molecular formula is C36H52N8O4. The van der Waals surface area contributed by atoms with E-state index in [2.05, 4.69) is 52.4 Å². The second-order valence-electron chi connectivity index (χ2n) is 15.1. The second kappa shape index (κ2) is 13.3. The molecule has 12 nitrogen and oxygen atoms in total. The molecule has 12 heteroatoms. The minimum Gasteiger partial charge on any atom is -0.462 e. The van der Waals surface area contributed by atoms with E-state index in [1.165, 1.54) is 23.2 Å². The lowest BCUT2D eigenvalue weighted by molar-refractivity contribution is 0.0240. The van der Waals surface area contributed by atoms with Crippen molar-refractivity contribution in [3.8, 4) is 6.01 Å². The molecule has 1 aromatic carbocycles. The van der Waals surface area contributed by atoms with Crippen LogP contribution in [0.1, 0.15) is 89.3 Å². The summed E-state index contributed by atoms with van der Waals surface area (Å²) in [6, 6.07) is 5.29. The summed E-state index contributed by atoms with van der Waals surface area (Å²) in [5.74, 6) is 1.29. The predicted octanol–water partition coefficient (Wildman–Crippen LogP) is 5.35. The molecule has 0 spiro atoms. The van der Waals surface area contributed by atoms with Gasteiger partial charge in [-0.15, -0.1) is 0 Å². The summed E-state index contributed by atoms with van der Waals surface area (Å²) in [6.45, 7) is 16.7. The molecule has 0 bridgehead atoms. The second-order valence-corrected chi connectivity index (χ2v) is 15.1. The van der Waals surface area contributed by atoms with Crippen LogP contribution in [0.15, 0.2) is 18.3 Å². The van der Waals surface area contributed by atoms with Gasteiger partial charge in [0.25, 0.3) is 0 Å². The van der Waals surface area contributed by atoms with Gasteiger partial charge in [-0.25, -0.2) is 9.48 Å². The Bertz CT molecular complexity index is 1620. The van der Waals surface area contributed by atoms with Gasteiger partial charge in [0.1, 0.15) is 18.0 Å². The van der Waals surface area contributed by atoms with E-state index in [4.69, 9.17) is 29.3 Å². The van der Waals surface area contributed by atoms with Gasteiger partial charge >= 0.3 is 12.1 Å². The lowest BCUT2D eigenvalue weighted by atomic mass is 9.95. The molecule has 3 aromatic rings. The topological polar surface area (TPSA) is 101 Å². The summed E-state index contributed by atoms with van der Waals surface area (Å²) in [5.41, 5.74) is 5.32. The predicted molar refractivity (Wildman–Crippen MR) is 186 cm³/mol. The normalized spacial score (nSPS) is 22.2. The number of hydrogen-bond donors (Lipinski definition) is 0. The summed E-state index contributed by atoms with van der Waals surface area (Å²) in [4.78, 5) is 31.9. The van der Waals surface area contributed by atoms with Crippen LogP contribution in [-0.2, 0) is 22.4 Å². The van der Waals surface area contributed by atoms with Crippen molar-refractivity contribution in [3.05, 3.63) is 35.2 Å². The molecule has 2 aromatic heterocycles. The number of rotatable bonds is 7. The SMILES string of the molecule is CC(C)c1ccc2c(cnn2C2CCCO2)c1N1CCc2c(nc(OC[C@@H]3CCCN3C)nc2N2CCN(C(=O)OC(C)(C)C)CC2)C1. The molecule has 0 aliphatic carbocycles. The number of ether oxygens (including phenoxy) is 3. The van der Waals surface area contributed by atoms with Crippen LogP contribution in [-0.4, -0.2) is 107 Å². The fraction of sp³-hybridized carbons (Fsp3) is 0.667. The molecule has 4 aliphatic rings. The lowest BCUT2D eigenvalue weighted by Crippen LogP contribution is -2.50. The van der Waals surface area contributed by atoms with E-state index in [0.717, 1.165) is 67.8 Å². The van der Waals surface area contributed by atoms with Crippen molar-refractivity contribution in [3.63, 3.8) is 0 Å². The monoisotopic (exact) mass is 660 g/mol. The highest BCUT2D eigenvalue weighted by Crippen LogP contribution is 2.40. The third kappa shape index (κ3) is 6.65. The third-order valence-corrected chi connectivity index (χ3v) is 10.2. The summed E-state index contributed by atoms with van der Waals surface area (Å²) < 4.78 is 20.1. The maximum atomic E-state index is 12.8. The van der Waals surface area contributed by atoms with Crippen molar-refractivity contribution in [1.29, 1.82) is 0 Å². The van der Waals surface area contributed by atoms with Crippen LogP contribution in [0.2, 0.25) is 0 Å². The number of hydrogen-bond acceptors (Lipinski definition) is 10. The minimum atomic E-state index is -0.520. The van der Waals surface area contributed by atoms with Crippen LogP contribution < -0.4 is 14.5 Å². The molecule has 48 heavy (non-hydrogen) atoms. The number of fused-ring (bicyclic) bond motifs is 2. The molecular weight excluding hydrogens is 608 g/mol. The van der Waals surface area contributed by atoms with Crippen molar-refractivity contribution >= 4 is 28.5 Å². The number of likely N-dealkylation sites (tertiary alicyclic amines) is 1. The molecule has 0 radical (unpaired) electrons. The highest BCUT2D eigenvalue weighted by atomic mass is 16.6. The van der Waals surface area contributed by atoms with Gasteiger partial charge in [-0.3, -0.25) is 0 Å². The van der Waals surface area contributed by atoms with Crippen LogP contribution in [0.5, 0.6) is 6.01 Å². The van der Waals surface area contributed by atoms with E-state index >= 15 is 0 Å². The zero-order valence-corrected chi connectivity index (χ0v) is 29.6. The van der Waals surface area contributed by atoms with Gasteiger partial charge < -0.3 is 33.8 Å². The minimum absolute atomic E-state index is 0.00737. The summed E-state index contributed by atoms with van der Waals surface area (Å²) in [7, 11) is 2.16. The Hall–Kier alpha value is -3.64. The van der Waals surface area contributed by atoms with Crippen LogP contribution in [0.25, 0.3) is 10.9 Å². The molecule has 0 N–H and O–H groups in total. The number of nitrogens with zero attached hydrogens (tertiary/aromatic N) is 8. The van der Waals surface area contributed by atoms with Crippen LogP contribution in [0, 0.1) is 0 Å². The number of aromatic nitrogens is 4. The highest BCUT2D eigenvalue weighted by Gasteiger charge is 2.33. The number of likely N-dealkylation sites (N-methyl/N-ethyl adjacent to an activating group) is 1. The van der Waals surface area contributed by atoms with Crippen molar-refractivity contribution in [2.45, 2.75) is 97.1 Å². The Morgan fingerprint density at radius 1 is 1.02 bits per heavy atom. The van der Waals surface area contributed by atoms with E-state index in [9.17, 15) is 4.79 Å². The largest absolute Gasteiger partial charge is 0.462 e. The smallest absolute Gasteiger partial charge is 0.410 e. The van der Waals surface area contributed by atoms with Crippen LogP contribution in [0.4, 0.5) is 16.3 Å². The number of benzene rings is 1. The third-order valence-electron chi connectivity index (χ3n) is 10.2. The fourth-order valence-corrected chi connectivity index (χ4v) is 7.62. The average Bonchev–Trinajstić information content (AvgIpc) is 3.83. The number of carbonyl (C=O) groups is 1. The van der Waals surface area contributed by atoms with E-state index in [1.54, 1.807) is 4.90 Å². The first-order valence-electron chi connectivity index (χ1n) is 17.9. The number of piperazine rings is 1. The quantitative estimate of drug-likeness (QED) is 0.330. The Labute approximate surface area is 284 Å². The van der Waals surface area contributed by atoms with Gasteiger partial charge in [0.2, 0.25) is 0 Å². The molecule has 7 rings (SSSR count). The Morgan fingerprint density at radius 2 is 1.83 bits per heavy atom. The van der Waals surface area contributed by atoms with Crippen molar-refractivity contribution < 1.29 is 19.0 Å². The van der Waals surface area contributed by atoms with E-state index in [1.807, 2.05) is 27.0 Å². The molecule has 6 heterocycles. The Kier molecular flexibility index (Phi) is 9.14. The molecule has 0 saturated carbocycles. The van der Waals surface area contributed by atoms with Gasteiger partial charge in [-0.2, -0.15) is 15.1 Å². The first-order valence-corrected chi connectivity index (χ1v) is 17.9. The fourth-order valence-electron chi connectivity index (χ4n) is 7.62. The van der Waals surface area contributed by atoms with Crippen molar-refractivity contribution in [2.24, 2.45) is 0 Å². The first-order chi connectivity index (χ1) is 23.1. The van der Waals surface area contributed by atoms with E-state index in [-0.39, 0.29) is 12.3 Å². The van der Waals surface area contributed by atoms with E-state index in [0.29, 0.717) is 57.3 Å². The van der Waals surface area contributed by atoms with Crippen LogP contribution >= 0.6 is 0 Å². The number of anilines is 2. The highest BCUT2D eigenvalue weighted by molar-refractivity contribution is 5.94.